The number of aliphatic hydroxyl groups excluding tert-OH is 6. The maximum atomic E-state index is 12.6. The molecule has 0 bridgehead atoms. The molecule has 1 fully saturated rings. The summed E-state index contributed by atoms with van der Waals surface area (Å²) in [5.41, 5.74) is 0.404. The van der Waals surface area contributed by atoms with E-state index >= 15 is 0 Å². The number of phenols is 1. The maximum absolute atomic E-state index is 12.6. The summed E-state index contributed by atoms with van der Waals surface area (Å²) in [5.74, 6) is -0.938. The molecule has 5 rings (SSSR count). The molecule has 0 radical (unpaired) electrons. The van der Waals surface area contributed by atoms with E-state index in [0.29, 0.717) is 5.57 Å². The molecule has 0 unspecified atom stereocenters. The van der Waals surface area contributed by atoms with Crippen molar-refractivity contribution in [1.82, 2.24) is 5.32 Å². The van der Waals surface area contributed by atoms with Crippen LogP contribution in [0.2, 0.25) is 0 Å². The molecule has 13 heteroatoms. The minimum Gasteiger partial charge on any atom is -0.504 e. The first-order valence-electron chi connectivity index (χ1n) is 10.2. The average molecular weight is 469 g/mol. The molecule has 3 heterocycles. The largest absolute Gasteiger partial charge is 0.504 e. The highest BCUT2D eigenvalue weighted by atomic mass is 16.7. The van der Waals surface area contributed by atoms with Gasteiger partial charge in [-0.3, -0.25) is 4.79 Å². The number of carbonyl (C=O) groups is 1. The van der Waals surface area contributed by atoms with Crippen molar-refractivity contribution in [3.8, 4) is 17.2 Å². The summed E-state index contributed by atoms with van der Waals surface area (Å²) in [7, 11) is 0. The number of nitrogens with one attached hydrogen (secondary N) is 1. The lowest BCUT2D eigenvalue weighted by atomic mass is 9.79. The van der Waals surface area contributed by atoms with Crippen molar-refractivity contribution < 1.29 is 59.5 Å². The highest BCUT2D eigenvalue weighted by Crippen LogP contribution is 2.48. The molecule has 8 N–H and O–H groups in total. The second-order valence-electron chi connectivity index (χ2n) is 8.23. The van der Waals surface area contributed by atoms with Crippen molar-refractivity contribution >= 4 is 11.5 Å². The van der Waals surface area contributed by atoms with E-state index in [1.807, 2.05) is 0 Å². The van der Waals surface area contributed by atoms with Crippen LogP contribution in [0.15, 0.2) is 12.1 Å². The van der Waals surface area contributed by atoms with E-state index in [9.17, 15) is 40.5 Å². The topological polar surface area (TPSA) is 208 Å². The fourth-order valence-electron chi connectivity index (χ4n) is 4.53. The van der Waals surface area contributed by atoms with Crippen LogP contribution in [0.25, 0.3) is 5.57 Å². The Hall–Kier alpha value is -2.49. The van der Waals surface area contributed by atoms with Crippen molar-refractivity contribution in [3.05, 3.63) is 23.3 Å². The highest BCUT2D eigenvalue weighted by molar-refractivity contribution is 6.07. The molecule has 9 atom stereocenters. The van der Waals surface area contributed by atoms with Gasteiger partial charge in [0.05, 0.1) is 18.2 Å². The Bertz CT molecular complexity index is 996. The number of benzene rings is 1. The van der Waals surface area contributed by atoms with Crippen molar-refractivity contribution in [1.29, 1.82) is 0 Å². The quantitative estimate of drug-likeness (QED) is 0.217. The van der Waals surface area contributed by atoms with E-state index in [4.69, 9.17) is 18.9 Å². The van der Waals surface area contributed by atoms with Crippen LogP contribution in [0.4, 0.5) is 0 Å². The van der Waals surface area contributed by atoms with Crippen molar-refractivity contribution in [2.24, 2.45) is 0 Å². The number of hydrogen-bond acceptors (Lipinski definition) is 12. The predicted octanol–water partition coefficient (Wildman–Crippen LogP) is -3.46. The molecule has 1 aliphatic carbocycles. The van der Waals surface area contributed by atoms with Gasteiger partial charge in [0.2, 0.25) is 12.5 Å². The van der Waals surface area contributed by atoms with Crippen LogP contribution < -0.4 is 14.8 Å². The Morgan fingerprint density at radius 3 is 2.52 bits per heavy atom. The molecular weight excluding hydrogens is 446 g/mol. The minimum absolute atomic E-state index is 0.00783. The van der Waals surface area contributed by atoms with Gasteiger partial charge < -0.3 is 60.0 Å². The summed E-state index contributed by atoms with van der Waals surface area (Å²) in [6, 6.07) is 0.416. The van der Waals surface area contributed by atoms with E-state index in [-0.39, 0.29) is 29.4 Å². The normalized spacial score (nSPS) is 39.4. The minimum atomic E-state index is -1.72. The number of aliphatic hydroxyl groups is 6. The van der Waals surface area contributed by atoms with Crippen LogP contribution in [-0.2, 0) is 9.47 Å². The third-order valence-electron chi connectivity index (χ3n) is 6.31. The maximum Gasteiger partial charge on any atom is 0.256 e. The van der Waals surface area contributed by atoms with Gasteiger partial charge in [0, 0.05) is 5.56 Å². The molecule has 33 heavy (non-hydrogen) atoms. The molecule has 1 saturated heterocycles. The van der Waals surface area contributed by atoms with E-state index in [0.717, 1.165) is 0 Å². The molecule has 1 amide bonds. The molecule has 180 valence electrons. The zero-order valence-electron chi connectivity index (χ0n) is 16.9. The van der Waals surface area contributed by atoms with Gasteiger partial charge in [0.25, 0.3) is 5.91 Å². The SMILES string of the molecule is O=C1N[C@@H]2C(=C[C@@H](O[C@@H]3O[C@H](CO)[C@@H](O)[C@H](O)[C@H]3O)[C@H](O)[C@H]2O)c2cc3c(c(O)c21)OCO3. The fraction of sp³-hybridized carbons (Fsp3) is 0.550. The van der Waals surface area contributed by atoms with E-state index < -0.39 is 73.3 Å². The third kappa shape index (κ3) is 3.36. The lowest BCUT2D eigenvalue weighted by molar-refractivity contribution is -0.314. The van der Waals surface area contributed by atoms with Crippen molar-refractivity contribution in [3.63, 3.8) is 0 Å². The first-order valence-corrected chi connectivity index (χ1v) is 10.2. The van der Waals surface area contributed by atoms with Gasteiger partial charge in [-0.25, -0.2) is 0 Å². The summed E-state index contributed by atoms with van der Waals surface area (Å²) >= 11 is 0. The number of aromatic hydroxyl groups is 1. The molecule has 3 aliphatic heterocycles. The van der Waals surface area contributed by atoms with Crippen LogP contribution in [0, 0.1) is 0 Å². The molecule has 0 saturated carbocycles. The summed E-state index contributed by atoms with van der Waals surface area (Å²) in [6.07, 6.45) is -10.9. The standard InChI is InChI=1S/C20H23NO12/c22-3-9-13(24)16(27)17(28)20(33-9)32-7-2-6-5-1-8-18(31-4-30-8)14(25)10(5)19(29)21-11(6)15(26)12(7)23/h1-2,7,9,11-13,15-17,20,22-28H,3-4H2,(H,21,29)/t7-,9-,11-,12+,13-,15+,16+,17-,20-/m1/s1. The lowest BCUT2D eigenvalue weighted by Gasteiger charge is -2.44. The van der Waals surface area contributed by atoms with Gasteiger partial charge in [-0.15, -0.1) is 0 Å². The van der Waals surface area contributed by atoms with Gasteiger partial charge in [-0.2, -0.15) is 0 Å². The Balaban J connectivity index is 1.52. The van der Waals surface area contributed by atoms with Crippen LogP contribution in [0.5, 0.6) is 17.2 Å². The van der Waals surface area contributed by atoms with E-state index in [1.54, 1.807) is 0 Å². The van der Waals surface area contributed by atoms with Gasteiger partial charge in [0.15, 0.2) is 17.8 Å². The zero-order valence-corrected chi connectivity index (χ0v) is 16.9. The van der Waals surface area contributed by atoms with Gasteiger partial charge in [-0.05, 0) is 17.7 Å². The highest BCUT2D eigenvalue weighted by Gasteiger charge is 2.49. The van der Waals surface area contributed by atoms with Gasteiger partial charge in [0.1, 0.15) is 42.7 Å². The fourth-order valence-corrected chi connectivity index (χ4v) is 4.53. The van der Waals surface area contributed by atoms with Crippen molar-refractivity contribution in [2.75, 3.05) is 13.4 Å². The Kier molecular flexibility index (Phi) is 5.46. The van der Waals surface area contributed by atoms with E-state index in [2.05, 4.69) is 5.32 Å². The lowest BCUT2D eigenvalue weighted by Crippen LogP contribution is -2.62. The number of amides is 1. The first kappa shape index (κ1) is 22.3. The van der Waals surface area contributed by atoms with Crippen LogP contribution in [0.1, 0.15) is 15.9 Å². The van der Waals surface area contributed by atoms with Gasteiger partial charge >= 0.3 is 0 Å². The second-order valence-corrected chi connectivity index (χ2v) is 8.23. The molecule has 1 aromatic carbocycles. The Morgan fingerprint density at radius 1 is 1.03 bits per heavy atom. The van der Waals surface area contributed by atoms with Crippen LogP contribution in [-0.4, -0.2) is 110 Å². The predicted molar refractivity (Wildman–Crippen MR) is 104 cm³/mol. The first-order chi connectivity index (χ1) is 15.7. The molecule has 4 aliphatic rings. The number of carbonyl (C=O) groups excluding carboxylic acids is 1. The Morgan fingerprint density at radius 2 is 1.79 bits per heavy atom. The molecular formula is C20H23NO12. The summed E-state index contributed by atoms with van der Waals surface area (Å²) in [6.45, 7) is -0.824. The molecule has 0 spiro atoms. The number of phenolic OH excluding ortho intramolecular Hbond substituents is 1. The van der Waals surface area contributed by atoms with Crippen LogP contribution >= 0.6 is 0 Å². The smallest absolute Gasteiger partial charge is 0.256 e. The van der Waals surface area contributed by atoms with Crippen LogP contribution in [0.3, 0.4) is 0 Å². The monoisotopic (exact) mass is 469 g/mol. The van der Waals surface area contributed by atoms with Gasteiger partial charge in [-0.1, -0.05) is 0 Å². The number of ether oxygens (including phenoxy) is 4. The number of rotatable bonds is 3. The number of hydrogen-bond donors (Lipinski definition) is 8. The Labute approximate surface area is 186 Å². The zero-order chi connectivity index (χ0) is 23.6. The van der Waals surface area contributed by atoms with Crippen molar-refractivity contribution in [2.45, 2.75) is 55.1 Å². The van der Waals surface area contributed by atoms with E-state index in [1.165, 1.54) is 12.1 Å². The molecule has 0 aromatic heterocycles. The molecule has 1 aromatic rings. The third-order valence-corrected chi connectivity index (χ3v) is 6.31. The number of fused-ring (bicyclic) bond motifs is 4. The molecule has 13 nitrogen and oxygen atoms in total. The summed E-state index contributed by atoms with van der Waals surface area (Å²) < 4.78 is 21.4. The summed E-state index contributed by atoms with van der Waals surface area (Å²) in [5, 5.41) is 73.9. The summed E-state index contributed by atoms with van der Waals surface area (Å²) in [4.78, 5) is 12.6. The average Bonchev–Trinajstić information content (AvgIpc) is 3.27. The second kappa shape index (κ2) is 8.07.